The third kappa shape index (κ3) is 3.56. The van der Waals surface area contributed by atoms with Gasteiger partial charge in [0, 0.05) is 21.1 Å². The van der Waals surface area contributed by atoms with E-state index in [-0.39, 0.29) is 5.56 Å². The van der Waals surface area contributed by atoms with Gasteiger partial charge in [0.05, 0.1) is 10.6 Å². The number of nitrogens with zero attached hydrogens (tertiary/aromatic N) is 1. The van der Waals surface area contributed by atoms with Gasteiger partial charge in [-0.2, -0.15) is 4.39 Å². The second-order valence-corrected chi connectivity index (χ2v) is 5.29. The van der Waals surface area contributed by atoms with Gasteiger partial charge in [0.15, 0.2) is 0 Å². The highest BCUT2D eigenvalue weighted by Gasteiger charge is 2.18. The van der Waals surface area contributed by atoms with Crippen LogP contribution in [0.25, 0.3) is 0 Å². The molecule has 0 saturated heterocycles. The Kier molecular flexibility index (Phi) is 4.54. The highest BCUT2D eigenvalue weighted by Crippen LogP contribution is 2.27. The van der Waals surface area contributed by atoms with Crippen molar-refractivity contribution in [1.29, 1.82) is 0 Å². The van der Waals surface area contributed by atoms with E-state index >= 15 is 0 Å². The molecule has 0 fully saturated rings. The number of nitrogens with one attached hydrogen (secondary N) is 1. The molecule has 8 heteroatoms. The van der Waals surface area contributed by atoms with E-state index in [0.29, 0.717) is 15.2 Å². The SMILES string of the molecule is O=C(Nc1cc(Cl)ccc1Br)c1ccc(F)c([N+](=O)[O-])c1. The maximum absolute atomic E-state index is 13.2. The van der Waals surface area contributed by atoms with Gasteiger partial charge in [0.2, 0.25) is 5.82 Å². The molecule has 0 unspecified atom stereocenters. The number of anilines is 1. The van der Waals surface area contributed by atoms with Crippen molar-refractivity contribution < 1.29 is 14.1 Å². The lowest BCUT2D eigenvalue weighted by molar-refractivity contribution is -0.387. The Morgan fingerprint density at radius 3 is 2.67 bits per heavy atom. The van der Waals surface area contributed by atoms with E-state index in [2.05, 4.69) is 21.2 Å². The Bertz CT molecular complexity index is 739. The lowest BCUT2D eigenvalue weighted by Crippen LogP contribution is -2.13. The quantitative estimate of drug-likeness (QED) is 0.640. The molecule has 0 spiro atoms. The highest BCUT2D eigenvalue weighted by atomic mass is 79.9. The summed E-state index contributed by atoms with van der Waals surface area (Å²) < 4.78 is 13.8. The summed E-state index contributed by atoms with van der Waals surface area (Å²) in [4.78, 5) is 21.8. The molecule has 2 aromatic carbocycles. The number of hydrogen-bond donors (Lipinski definition) is 1. The zero-order valence-corrected chi connectivity index (χ0v) is 12.6. The fourth-order valence-electron chi connectivity index (χ4n) is 1.58. The molecule has 0 saturated carbocycles. The standard InChI is InChI=1S/C13H7BrClFN2O3/c14-9-3-2-8(15)6-11(9)17-13(19)7-1-4-10(16)12(5-7)18(20)21/h1-6H,(H,17,19). The summed E-state index contributed by atoms with van der Waals surface area (Å²) in [6.45, 7) is 0. The molecule has 1 N–H and O–H groups in total. The Labute approximate surface area is 132 Å². The fraction of sp³-hybridized carbons (Fsp3) is 0. The third-order valence-corrected chi connectivity index (χ3v) is 3.51. The van der Waals surface area contributed by atoms with Crippen molar-refractivity contribution in [1.82, 2.24) is 0 Å². The Hall–Kier alpha value is -1.99. The normalized spacial score (nSPS) is 10.2. The number of halogens is 3. The average molecular weight is 374 g/mol. The van der Waals surface area contributed by atoms with Gasteiger partial charge in [-0.3, -0.25) is 14.9 Å². The van der Waals surface area contributed by atoms with Crippen LogP contribution in [0.1, 0.15) is 10.4 Å². The van der Waals surface area contributed by atoms with E-state index in [1.165, 1.54) is 6.07 Å². The number of carbonyl (C=O) groups excluding carboxylic acids is 1. The first-order chi connectivity index (χ1) is 9.88. The first-order valence-corrected chi connectivity index (χ1v) is 6.76. The van der Waals surface area contributed by atoms with Gasteiger partial charge in [-0.05, 0) is 46.3 Å². The highest BCUT2D eigenvalue weighted by molar-refractivity contribution is 9.10. The summed E-state index contributed by atoms with van der Waals surface area (Å²) in [7, 11) is 0. The van der Waals surface area contributed by atoms with Gasteiger partial charge in [0.1, 0.15) is 0 Å². The molecule has 0 radical (unpaired) electrons. The second kappa shape index (κ2) is 6.19. The minimum absolute atomic E-state index is 0.0324. The van der Waals surface area contributed by atoms with E-state index in [1.807, 2.05) is 0 Å². The summed E-state index contributed by atoms with van der Waals surface area (Å²) in [6, 6.07) is 7.70. The van der Waals surface area contributed by atoms with Crippen molar-refractivity contribution in [3.05, 3.63) is 67.4 Å². The van der Waals surface area contributed by atoms with Gasteiger partial charge in [-0.15, -0.1) is 0 Å². The van der Waals surface area contributed by atoms with Crippen LogP contribution in [0.15, 0.2) is 40.9 Å². The minimum atomic E-state index is -1.000. The maximum Gasteiger partial charge on any atom is 0.305 e. The number of benzene rings is 2. The van der Waals surface area contributed by atoms with Crippen LogP contribution in [-0.4, -0.2) is 10.8 Å². The van der Waals surface area contributed by atoms with Gasteiger partial charge < -0.3 is 5.32 Å². The van der Waals surface area contributed by atoms with Crippen LogP contribution in [0, 0.1) is 15.9 Å². The van der Waals surface area contributed by atoms with Crippen molar-refractivity contribution in [3.8, 4) is 0 Å². The molecule has 21 heavy (non-hydrogen) atoms. The van der Waals surface area contributed by atoms with Crippen LogP contribution >= 0.6 is 27.5 Å². The smallest absolute Gasteiger partial charge is 0.305 e. The fourth-order valence-corrected chi connectivity index (χ4v) is 2.10. The zero-order chi connectivity index (χ0) is 15.6. The van der Waals surface area contributed by atoms with E-state index in [9.17, 15) is 19.3 Å². The molecule has 0 bridgehead atoms. The van der Waals surface area contributed by atoms with E-state index in [1.54, 1.807) is 12.1 Å². The van der Waals surface area contributed by atoms with E-state index in [4.69, 9.17) is 11.6 Å². The first kappa shape index (κ1) is 15.4. The first-order valence-electron chi connectivity index (χ1n) is 5.59. The van der Waals surface area contributed by atoms with Gasteiger partial charge in [0.25, 0.3) is 5.91 Å². The molecule has 0 aromatic heterocycles. The molecule has 2 rings (SSSR count). The van der Waals surface area contributed by atoms with Gasteiger partial charge >= 0.3 is 5.69 Å². The molecule has 1 amide bonds. The van der Waals surface area contributed by atoms with Gasteiger partial charge in [-0.25, -0.2) is 0 Å². The van der Waals surface area contributed by atoms with E-state index < -0.39 is 22.3 Å². The predicted octanol–water partition coefficient (Wildman–Crippen LogP) is 4.40. The maximum atomic E-state index is 13.2. The Morgan fingerprint density at radius 1 is 1.29 bits per heavy atom. The number of amides is 1. The van der Waals surface area contributed by atoms with Crippen LogP contribution in [0.2, 0.25) is 5.02 Å². The van der Waals surface area contributed by atoms with Crippen LogP contribution in [0.4, 0.5) is 15.8 Å². The van der Waals surface area contributed by atoms with Crippen LogP contribution in [0.3, 0.4) is 0 Å². The molecule has 0 aliphatic rings. The molecule has 108 valence electrons. The molecule has 5 nitrogen and oxygen atoms in total. The minimum Gasteiger partial charge on any atom is -0.321 e. The van der Waals surface area contributed by atoms with Crippen LogP contribution < -0.4 is 5.32 Å². The molecule has 0 atom stereocenters. The van der Waals surface area contributed by atoms with E-state index in [0.717, 1.165) is 18.2 Å². The average Bonchev–Trinajstić information content (AvgIpc) is 2.43. The van der Waals surface area contributed by atoms with Crippen molar-refractivity contribution in [3.63, 3.8) is 0 Å². The number of hydrogen-bond acceptors (Lipinski definition) is 3. The third-order valence-electron chi connectivity index (χ3n) is 2.58. The van der Waals surface area contributed by atoms with Crippen molar-refractivity contribution in [2.45, 2.75) is 0 Å². The lowest BCUT2D eigenvalue weighted by atomic mass is 10.1. The van der Waals surface area contributed by atoms with Crippen molar-refractivity contribution >= 4 is 44.8 Å². The van der Waals surface area contributed by atoms with Crippen molar-refractivity contribution in [2.75, 3.05) is 5.32 Å². The summed E-state index contributed by atoms with van der Waals surface area (Å²) >= 11 is 9.06. The monoisotopic (exact) mass is 372 g/mol. The largest absolute Gasteiger partial charge is 0.321 e. The lowest BCUT2D eigenvalue weighted by Gasteiger charge is -2.08. The topological polar surface area (TPSA) is 72.2 Å². The summed E-state index contributed by atoms with van der Waals surface area (Å²) in [5, 5.41) is 13.6. The Balaban J connectivity index is 2.30. The van der Waals surface area contributed by atoms with Crippen LogP contribution in [-0.2, 0) is 0 Å². The summed E-state index contributed by atoms with van der Waals surface area (Å²) in [5.74, 6) is -1.61. The summed E-state index contributed by atoms with van der Waals surface area (Å²) in [5.41, 5.74) is -0.387. The molecule has 2 aromatic rings. The molecular weight excluding hydrogens is 367 g/mol. The molecule has 0 heterocycles. The second-order valence-electron chi connectivity index (χ2n) is 4.00. The van der Waals surface area contributed by atoms with Gasteiger partial charge in [-0.1, -0.05) is 11.6 Å². The number of carbonyl (C=O) groups is 1. The molecule has 0 aliphatic heterocycles. The van der Waals surface area contributed by atoms with Crippen LogP contribution in [0.5, 0.6) is 0 Å². The van der Waals surface area contributed by atoms with Crippen molar-refractivity contribution in [2.24, 2.45) is 0 Å². The summed E-state index contributed by atoms with van der Waals surface area (Å²) in [6.07, 6.45) is 0. The number of nitro groups is 1. The number of rotatable bonds is 3. The number of nitro benzene ring substituents is 1. The zero-order valence-electron chi connectivity index (χ0n) is 10.3. The predicted molar refractivity (Wildman–Crippen MR) is 80.2 cm³/mol. The Morgan fingerprint density at radius 2 is 2.00 bits per heavy atom. The molecule has 0 aliphatic carbocycles. The molecular formula is C13H7BrClFN2O3.